The van der Waals surface area contributed by atoms with Crippen molar-refractivity contribution in [3.8, 4) is 0 Å². The summed E-state index contributed by atoms with van der Waals surface area (Å²) in [5.74, 6) is -0.327. The standard InChI is InChI=1S/C17H24N2O4/c1-17(2,3)14(20)11-19-15(21)9-10-18-16(22)23-12-13-7-5-4-6-8-13/h4-8H,9-12H2,1-3H3,(H,18,22)(H,19,21). The van der Waals surface area contributed by atoms with Gasteiger partial charge in [0, 0.05) is 18.4 Å². The average molecular weight is 320 g/mol. The van der Waals surface area contributed by atoms with Crippen molar-refractivity contribution in [2.75, 3.05) is 13.1 Å². The van der Waals surface area contributed by atoms with Gasteiger partial charge in [0.25, 0.3) is 0 Å². The van der Waals surface area contributed by atoms with E-state index in [1.807, 2.05) is 30.3 Å². The molecule has 126 valence electrons. The first-order chi connectivity index (χ1) is 10.8. The smallest absolute Gasteiger partial charge is 0.407 e. The Kier molecular flexibility index (Phi) is 7.25. The molecule has 0 heterocycles. The molecule has 6 nitrogen and oxygen atoms in total. The summed E-state index contributed by atoms with van der Waals surface area (Å²) in [6, 6.07) is 9.31. The molecule has 23 heavy (non-hydrogen) atoms. The second-order valence-electron chi connectivity index (χ2n) is 6.19. The van der Waals surface area contributed by atoms with Crippen LogP contribution in [0.3, 0.4) is 0 Å². The third-order valence-corrected chi connectivity index (χ3v) is 3.12. The Morgan fingerprint density at radius 3 is 2.30 bits per heavy atom. The van der Waals surface area contributed by atoms with Gasteiger partial charge in [-0.1, -0.05) is 51.1 Å². The summed E-state index contributed by atoms with van der Waals surface area (Å²) < 4.78 is 5.02. The van der Waals surface area contributed by atoms with E-state index < -0.39 is 11.5 Å². The first-order valence-electron chi connectivity index (χ1n) is 7.53. The lowest BCUT2D eigenvalue weighted by Gasteiger charge is -2.16. The van der Waals surface area contributed by atoms with Crippen LogP contribution >= 0.6 is 0 Å². The third kappa shape index (κ3) is 7.99. The normalized spacial score (nSPS) is 10.7. The number of Topliss-reactive ketones (excluding diaryl/α,β-unsaturated/α-hetero) is 1. The van der Waals surface area contributed by atoms with Crippen molar-refractivity contribution >= 4 is 17.8 Å². The van der Waals surface area contributed by atoms with Gasteiger partial charge < -0.3 is 15.4 Å². The van der Waals surface area contributed by atoms with Crippen LogP contribution < -0.4 is 10.6 Å². The lowest BCUT2D eigenvalue weighted by Crippen LogP contribution is -2.37. The minimum absolute atomic E-state index is 0.000781. The van der Waals surface area contributed by atoms with E-state index in [0.717, 1.165) is 5.56 Å². The Morgan fingerprint density at radius 2 is 1.70 bits per heavy atom. The van der Waals surface area contributed by atoms with Crippen LogP contribution in [0, 0.1) is 5.41 Å². The third-order valence-electron chi connectivity index (χ3n) is 3.12. The Balaban J connectivity index is 2.14. The zero-order valence-corrected chi connectivity index (χ0v) is 13.8. The average Bonchev–Trinajstić information content (AvgIpc) is 2.50. The summed E-state index contributed by atoms with van der Waals surface area (Å²) in [4.78, 5) is 34.7. The van der Waals surface area contributed by atoms with Gasteiger partial charge in [-0.2, -0.15) is 0 Å². The molecular weight excluding hydrogens is 296 g/mol. The molecule has 0 radical (unpaired) electrons. The minimum atomic E-state index is -0.576. The number of nitrogens with one attached hydrogen (secondary N) is 2. The van der Waals surface area contributed by atoms with Crippen LogP contribution in [-0.4, -0.2) is 30.9 Å². The predicted octanol–water partition coefficient (Wildman–Crippen LogP) is 2.03. The summed E-state index contributed by atoms with van der Waals surface area (Å²) in [7, 11) is 0. The largest absolute Gasteiger partial charge is 0.445 e. The molecule has 0 spiro atoms. The molecule has 1 rings (SSSR count). The number of alkyl carbamates (subject to hydrolysis) is 1. The molecular formula is C17H24N2O4. The SMILES string of the molecule is CC(C)(C)C(=O)CNC(=O)CCNC(=O)OCc1ccccc1. The molecule has 0 fully saturated rings. The first-order valence-corrected chi connectivity index (χ1v) is 7.53. The van der Waals surface area contributed by atoms with Crippen molar-refractivity contribution in [3.63, 3.8) is 0 Å². The molecule has 0 aliphatic heterocycles. The van der Waals surface area contributed by atoms with Gasteiger partial charge >= 0.3 is 6.09 Å². The number of carbonyl (C=O) groups is 3. The maximum atomic E-state index is 11.7. The van der Waals surface area contributed by atoms with E-state index >= 15 is 0 Å². The van der Waals surface area contributed by atoms with Gasteiger partial charge in [0.2, 0.25) is 5.91 Å². The van der Waals surface area contributed by atoms with Crippen LogP contribution in [0.4, 0.5) is 4.79 Å². The fourth-order valence-corrected chi connectivity index (χ4v) is 1.58. The lowest BCUT2D eigenvalue weighted by molar-refractivity contribution is -0.129. The summed E-state index contributed by atoms with van der Waals surface area (Å²) >= 11 is 0. The van der Waals surface area contributed by atoms with E-state index in [9.17, 15) is 14.4 Å². The van der Waals surface area contributed by atoms with Gasteiger partial charge in [-0.3, -0.25) is 9.59 Å². The Labute approximate surface area is 136 Å². The number of ketones is 1. The van der Waals surface area contributed by atoms with Crippen molar-refractivity contribution < 1.29 is 19.1 Å². The first kappa shape index (κ1) is 18.7. The second kappa shape index (κ2) is 8.92. The highest BCUT2D eigenvalue weighted by molar-refractivity contribution is 5.89. The molecule has 6 heteroatoms. The topological polar surface area (TPSA) is 84.5 Å². The van der Waals surface area contributed by atoms with E-state index in [1.165, 1.54) is 0 Å². The maximum absolute atomic E-state index is 11.7. The number of amides is 2. The van der Waals surface area contributed by atoms with Crippen molar-refractivity contribution in [1.82, 2.24) is 10.6 Å². The predicted molar refractivity (Wildman–Crippen MR) is 86.7 cm³/mol. The molecule has 2 amide bonds. The van der Waals surface area contributed by atoms with Gasteiger partial charge in [0.1, 0.15) is 6.61 Å². The molecule has 0 aliphatic carbocycles. The van der Waals surface area contributed by atoms with Crippen molar-refractivity contribution in [2.45, 2.75) is 33.8 Å². The Hall–Kier alpha value is -2.37. The van der Waals surface area contributed by atoms with Crippen LogP contribution in [0.15, 0.2) is 30.3 Å². The highest BCUT2D eigenvalue weighted by Gasteiger charge is 2.21. The van der Waals surface area contributed by atoms with Crippen molar-refractivity contribution in [1.29, 1.82) is 0 Å². The summed E-state index contributed by atoms with van der Waals surface area (Å²) in [5.41, 5.74) is 0.411. The fraction of sp³-hybridized carbons (Fsp3) is 0.471. The number of carbonyl (C=O) groups excluding carboxylic acids is 3. The van der Waals surface area contributed by atoms with Crippen molar-refractivity contribution in [3.05, 3.63) is 35.9 Å². The number of ether oxygens (including phenoxy) is 1. The molecule has 0 atom stereocenters. The molecule has 0 saturated heterocycles. The highest BCUT2D eigenvalue weighted by Crippen LogP contribution is 2.13. The van der Waals surface area contributed by atoms with Gasteiger partial charge in [-0.15, -0.1) is 0 Å². The van der Waals surface area contributed by atoms with E-state index in [0.29, 0.717) is 0 Å². The molecule has 1 aromatic carbocycles. The quantitative estimate of drug-likeness (QED) is 0.805. The van der Waals surface area contributed by atoms with Crippen LogP contribution in [-0.2, 0) is 20.9 Å². The molecule has 2 N–H and O–H groups in total. The zero-order chi connectivity index (χ0) is 17.3. The minimum Gasteiger partial charge on any atom is -0.445 e. The maximum Gasteiger partial charge on any atom is 0.407 e. The van der Waals surface area contributed by atoms with Gasteiger partial charge in [0.05, 0.1) is 6.54 Å². The second-order valence-corrected chi connectivity index (χ2v) is 6.19. The summed E-state index contributed by atoms with van der Waals surface area (Å²) in [6.45, 7) is 5.73. The molecule has 0 aliphatic rings. The molecule has 0 saturated carbocycles. The van der Waals surface area contributed by atoms with E-state index in [2.05, 4.69) is 10.6 Å². The van der Waals surface area contributed by atoms with E-state index in [1.54, 1.807) is 20.8 Å². The molecule has 0 unspecified atom stereocenters. The number of hydrogen-bond donors (Lipinski definition) is 2. The summed E-state index contributed by atoms with van der Waals surface area (Å²) in [6.07, 6.45) is -0.481. The monoisotopic (exact) mass is 320 g/mol. The Morgan fingerprint density at radius 1 is 1.04 bits per heavy atom. The summed E-state index contributed by atoms with van der Waals surface area (Å²) in [5, 5.41) is 5.03. The van der Waals surface area contributed by atoms with Crippen LogP contribution in [0.5, 0.6) is 0 Å². The van der Waals surface area contributed by atoms with Crippen LogP contribution in [0.25, 0.3) is 0 Å². The Bertz CT molecular complexity index is 535. The van der Waals surface area contributed by atoms with E-state index in [4.69, 9.17) is 4.74 Å². The number of hydrogen-bond acceptors (Lipinski definition) is 4. The van der Waals surface area contributed by atoms with Gasteiger partial charge in [-0.25, -0.2) is 4.79 Å². The zero-order valence-electron chi connectivity index (χ0n) is 13.8. The van der Waals surface area contributed by atoms with Gasteiger partial charge in [0.15, 0.2) is 5.78 Å². The molecule has 0 aromatic heterocycles. The number of rotatable bonds is 7. The molecule has 0 bridgehead atoms. The fourth-order valence-electron chi connectivity index (χ4n) is 1.58. The number of benzene rings is 1. The lowest BCUT2D eigenvalue weighted by atomic mass is 9.91. The van der Waals surface area contributed by atoms with Gasteiger partial charge in [-0.05, 0) is 5.56 Å². The molecule has 1 aromatic rings. The van der Waals surface area contributed by atoms with Crippen molar-refractivity contribution in [2.24, 2.45) is 5.41 Å². The van der Waals surface area contributed by atoms with Crippen LogP contribution in [0.1, 0.15) is 32.8 Å². The van der Waals surface area contributed by atoms with Crippen LogP contribution in [0.2, 0.25) is 0 Å². The van der Waals surface area contributed by atoms with E-state index in [-0.39, 0.29) is 37.8 Å². The highest BCUT2D eigenvalue weighted by atomic mass is 16.5.